The first-order valence-corrected chi connectivity index (χ1v) is 5.88. The average molecular weight is 232 g/mol. The van der Waals surface area contributed by atoms with Gasteiger partial charge in [0.2, 0.25) is 5.91 Å². The Morgan fingerprint density at radius 3 is 2.88 bits per heavy atom. The van der Waals surface area contributed by atoms with Gasteiger partial charge in [-0.2, -0.15) is 0 Å². The van der Waals surface area contributed by atoms with Gasteiger partial charge in [-0.1, -0.05) is 13.8 Å². The Morgan fingerprint density at radius 2 is 2.18 bits per heavy atom. The lowest BCUT2D eigenvalue weighted by Crippen LogP contribution is -2.21. The standard InChI is InChI=1S/C13H16N2O2/c1-3-9(4-2)13(16)15-10-5-6-11-12(7-10)17-8-14-11/h5-9H,3-4H2,1-2H3,(H,15,16). The van der Waals surface area contributed by atoms with Gasteiger partial charge in [0.25, 0.3) is 0 Å². The molecule has 1 N–H and O–H groups in total. The number of hydrogen-bond acceptors (Lipinski definition) is 3. The fourth-order valence-corrected chi connectivity index (χ4v) is 1.84. The Kier molecular flexibility index (Phi) is 3.42. The lowest BCUT2D eigenvalue weighted by molar-refractivity contribution is -0.120. The van der Waals surface area contributed by atoms with Gasteiger partial charge in [0.05, 0.1) is 0 Å². The number of nitrogens with one attached hydrogen (secondary N) is 1. The number of nitrogens with zero attached hydrogens (tertiary/aromatic N) is 1. The van der Waals surface area contributed by atoms with Gasteiger partial charge in [-0.05, 0) is 25.0 Å². The molecule has 0 aliphatic rings. The van der Waals surface area contributed by atoms with Crippen molar-refractivity contribution in [3.63, 3.8) is 0 Å². The summed E-state index contributed by atoms with van der Waals surface area (Å²) in [7, 11) is 0. The van der Waals surface area contributed by atoms with E-state index in [1.54, 1.807) is 6.07 Å². The van der Waals surface area contributed by atoms with Gasteiger partial charge >= 0.3 is 0 Å². The number of aromatic nitrogens is 1. The number of carbonyl (C=O) groups excluding carboxylic acids is 1. The number of fused-ring (bicyclic) bond motifs is 1. The summed E-state index contributed by atoms with van der Waals surface area (Å²) >= 11 is 0. The van der Waals surface area contributed by atoms with Crippen molar-refractivity contribution >= 4 is 22.7 Å². The van der Waals surface area contributed by atoms with E-state index in [0.717, 1.165) is 24.0 Å². The summed E-state index contributed by atoms with van der Waals surface area (Å²) in [6.45, 7) is 4.04. The molecule has 2 aromatic rings. The molecule has 0 saturated carbocycles. The van der Waals surface area contributed by atoms with Crippen LogP contribution in [0.4, 0.5) is 5.69 Å². The smallest absolute Gasteiger partial charge is 0.227 e. The van der Waals surface area contributed by atoms with Gasteiger partial charge in [0, 0.05) is 17.7 Å². The number of amides is 1. The predicted octanol–water partition coefficient (Wildman–Crippen LogP) is 3.20. The average Bonchev–Trinajstić information content (AvgIpc) is 2.77. The molecule has 0 radical (unpaired) electrons. The second kappa shape index (κ2) is 4.99. The highest BCUT2D eigenvalue weighted by Crippen LogP contribution is 2.19. The molecule has 1 aromatic heterocycles. The van der Waals surface area contributed by atoms with Crippen LogP contribution in [0.25, 0.3) is 11.1 Å². The van der Waals surface area contributed by atoms with E-state index in [0.29, 0.717) is 5.58 Å². The molecule has 2 rings (SSSR count). The zero-order chi connectivity index (χ0) is 12.3. The zero-order valence-corrected chi connectivity index (χ0v) is 10.1. The maximum atomic E-state index is 11.9. The van der Waals surface area contributed by atoms with Crippen LogP contribution in [0.3, 0.4) is 0 Å². The van der Waals surface area contributed by atoms with Gasteiger partial charge in [-0.15, -0.1) is 0 Å². The summed E-state index contributed by atoms with van der Waals surface area (Å²) in [6.07, 6.45) is 3.11. The van der Waals surface area contributed by atoms with Gasteiger partial charge in [0.15, 0.2) is 12.0 Å². The molecular weight excluding hydrogens is 216 g/mol. The highest BCUT2D eigenvalue weighted by Gasteiger charge is 2.14. The molecule has 4 heteroatoms. The van der Waals surface area contributed by atoms with E-state index < -0.39 is 0 Å². The Hall–Kier alpha value is -1.84. The van der Waals surface area contributed by atoms with Gasteiger partial charge in [-0.25, -0.2) is 4.98 Å². The van der Waals surface area contributed by atoms with E-state index in [1.807, 2.05) is 26.0 Å². The summed E-state index contributed by atoms with van der Waals surface area (Å²) in [5, 5.41) is 2.90. The molecule has 17 heavy (non-hydrogen) atoms. The fraction of sp³-hybridized carbons (Fsp3) is 0.385. The Labute approximate surface area is 100 Å². The van der Waals surface area contributed by atoms with Crippen LogP contribution in [0.1, 0.15) is 26.7 Å². The Balaban J connectivity index is 2.14. The first-order chi connectivity index (χ1) is 8.24. The van der Waals surface area contributed by atoms with Crippen molar-refractivity contribution < 1.29 is 9.21 Å². The summed E-state index contributed by atoms with van der Waals surface area (Å²) in [5.74, 6) is 0.134. The van der Waals surface area contributed by atoms with Crippen molar-refractivity contribution in [2.45, 2.75) is 26.7 Å². The van der Waals surface area contributed by atoms with Gasteiger partial charge in [-0.3, -0.25) is 4.79 Å². The lowest BCUT2D eigenvalue weighted by Gasteiger charge is -2.12. The quantitative estimate of drug-likeness (QED) is 0.880. The van der Waals surface area contributed by atoms with Crippen LogP contribution in [0.5, 0.6) is 0 Å². The molecule has 1 heterocycles. The van der Waals surface area contributed by atoms with Crippen molar-refractivity contribution in [1.29, 1.82) is 0 Å². The van der Waals surface area contributed by atoms with E-state index in [-0.39, 0.29) is 11.8 Å². The first-order valence-electron chi connectivity index (χ1n) is 5.88. The maximum absolute atomic E-state index is 11.9. The Morgan fingerprint density at radius 1 is 1.41 bits per heavy atom. The highest BCUT2D eigenvalue weighted by atomic mass is 16.3. The van der Waals surface area contributed by atoms with Crippen LogP contribution < -0.4 is 5.32 Å². The normalized spacial score (nSPS) is 11.0. The summed E-state index contributed by atoms with van der Waals surface area (Å²) < 4.78 is 5.19. The predicted molar refractivity (Wildman–Crippen MR) is 66.7 cm³/mol. The number of anilines is 1. The number of benzene rings is 1. The summed E-state index contributed by atoms with van der Waals surface area (Å²) in [6, 6.07) is 5.47. The van der Waals surface area contributed by atoms with E-state index in [4.69, 9.17) is 4.42 Å². The number of hydrogen-bond donors (Lipinski definition) is 1. The van der Waals surface area contributed by atoms with Crippen LogP contribution in [0.15, 0.2) is 29.0 Å². The second-order valence-electron chi connectivity index (χ2n) is 4.04. The molecular formula is C13H16N2O2. The van der Waals surface area contributed by atoms with E-state index in [1.165, 1.54) is 6.39 Å². The minimum Gasteiger partial charge on any atom is -0.443 e. The second-order valence-corrected chi connectivity index (χ2v) is 4.04. The van der Waals surface area contributed by atoms with Crippen molar-refractivity contribution in [2.24, 2.45) is 5.92 Å². The van der Waals surface area contributed by atoms with Crippen molar-refractivity contribution in [3.8, 4) is 0 Å². The summed E-state index contributed by atoms with van der Waals surface area (Å²) in [5.41, 5.74) is 2.24. The van der Waals surface area contributed by atoms with Gasteiger partial charge in [0.1, 0.15) is 5.52 Å². The third kappa shape index (κ3) is 2.46. The number of oxazole rings is 1. The molecule has 0 saturated heterocycles. The summed E-state index contributed by atoms with van der Waals surface area (Å²) in [4.78, 5) is 15.9. The molecule has 1 amide bonds. The molecule has 0 spiro atoms. The SMILES string of the molecule is CCC(CC)C(=O)Nc1ccc2ncoc2c1. The molecule has 90 valence electrons. The van der Waals surface area contributed by atoms with Crippen LogP contribution in [0, 0.1) is 5.92 Å². The van der Waals surface area contributed by atoms with E-state index in [2.05, 4.69) is 10.3 Å². The van der Waals surface area contributed by atoms with Crippen LogP contribution in [-0.4, -0.2) is 10.9 Å². The first kappa shape index (κ1) is 11.6. The molecule has 1 aromatic carbocycles. The number of rotatable bonds is 4. The van der Waals surface area contributed by atoms with Crippen LogP contribution in [0.2, 0.25) is 0 Å². The molecule has 0 fully saturated rings. The van der Waals surface area contributed by atoms with E-state index in [9.17, 15) is 4.79 Å². The minimum absolute atomic E-state index is 0.0638. The largest absolute Gasteiger partial charge is 0.443 e. The van der Waals surface area contributed by atoms with Crippen LogP contribution in [-0.2, 0) is 4.79 Å². The minimum atomic E-state index is 0.0638. The van der Waals surface area contributed by atoms with Crippen molar-refractivity contribution in [3.05, 3.63) is 24.6 Å². The fourth-order valence-electron chi connectivity index (χ4n) is 1.84. The van der Waals surface area contributed by atoms with Crippen molar-refractivity contribution in [2.75, 3.05) is 5.32 Å². The maximum Gasteiger partial charge on any atom is 0.227 e. The van der Waals surface area contributed by atoms with Crippen molar-refractivity contribution in [1.82, 2.24) is 4.98 Å². The third-order valence-electron chi connectivity index (χ3n) is 2.96. The molecule has 0 bridgehead atoms. The Bertz CT molecular complexity index is 515. The number of carbonyl (C=O) groups is 1. The molecule has 4 nitrogen and oxygen atoms in total. The molecule has 0 unspecified atom stereocenters. The van der Waals surface area contributed by atoms with Crippen LogP contribution >= 0.6 is 0 Å². The monoisotopic (exact) mass is 232 g/mol. The molecule has 0 atom stereocenters. The highest BCUT2D eigenvalue weighted by molar-refractivity contribution is 5.94. The topological polar surface area (TPSA) is 55.1 Å². The zero-order valence-electron chi connectivity index (χ0n) is 10.1. The van der Waals surface area contributed by atoms with E-state index >= 15 is 0 Å². The molecule has 0 aliphatic carbocycles. The third-order valence-corrected chi connectivity index (χ3v) is 2.96. The lowest BCUT2D eigenvalue weighted by atomic mass is 10.0. The molecule has 0 aliphatic heterocycles. The van der Waals surface area contributed by atoms with Gasteiger partial charge < -0.3 is 9.73 Å².